The summed E-state index contributed by atoms with van der Waals surface area (Å²) in [6.07, 6.45) is 0.273. The van der Waals surface area contributed by atoms with Crippen LogP contribution in [0.25, 0.3) is 10.8 Å². The first-order valence-corrected chi connectivity index (χ1v) is 6.96. The summed E-state index contributed by atoms with van der Waals surface area (Å²) in [4.78, 5) is 12.1. The smallest absolute Gasteiger partial charge is 0.315 e. The van der Waals surface area contributed by atoms with Crippen molar-refractivity contribution in [2.75, 3.05) is 0 Å². The first-order valence-electron chi connectivity index (χ1n) is 6.96. The Morgan fingerprint density at radius 3 is 2.57 bits per heavy atom. The zero-order chi connectivity index (χ0) is 14.7. The Bertz CT molecular complexity index is 785. The van der Waals surface area contributed by atoms with Gasteiger partial charge in [-0.1, -0.05) is 54.6 Å². The summed E-state index contributed by atoms with van der Waals surface area (Å²) in [6, 6.07) is 21.6. The van der Waals surface area contributed by atoms with Gasteiger partial charge >= 0.3 is 5.97 Å². The summed E-state index contributed by atoms with van der Waals surface area (Å²) in [5.41, 5.74) is 2.07. The molecule has 0 saturated carbocycles. The van der Waals surface area contributed by atoms with Crippen LogP contribution in [-0.4, -0.2) is 5.97 Å². The molecule has 0 aliphatic rings. The van der Waals surface area contributed by atoms with Crippen molar-refractivity contribution in [2.45, 2.75) is 13.3 Å². The fourth-order valence-electron chi connectivity index (χ4n) is 2.45. The second-order valence-electron chi connectivity index (χ2n) is 5.11. The summed E-state index contributed by atoms with van der Waals surface area (Å²) < 4.78 is 5.41. The van der Waals surface area contributed by atoms with Crippen LogP contribution < -0.4 is 4.74 Å². The van der Waals surface area contributed by atoms with E-state index < -0.39 is 0 Å². The van der Waals surface area contributed by atoms with Crippen molar-refractivity contribution in [1.29, 1.82) is 0 Å². The molecular weight excluding hydrogens is 260 g/mol. The summed E-state index contributed by atoms with van der Waals surface area (Å²) >= 11 is 0. The molecule has 0 spiro atoms. The number of hydrogen-bond acceptors (Lipinski definition) is 2. The van der Waals surface area contributed by atoms with E-state index in [2.05, 4.69) is 0 Å². The van der Waals surface area contributed by atoms with Crippen LogP contribution in [0, 0.1) is 6.92 Å². The van der Waals surface area contributed by atoms with Crippen LogP contribution in [0.3, 0.4) is 0 Å². The SMILES string of the molecule is Cc1cccc(OC(=O)Cc2cccc3ccccc23)c1. The highest BCUT2D eigenvalue weighted by Crippen LogP contribution is 2.20. The molecule has 3 aromatic rings. The molecule has 0 bridgehead atoms. The van der Waals surface area contributed by atoms with Gasteiger partial charge in [-0.05, 0) is 41.0 Å². The number of hydrogen-bond donors (Lipinski definition) is 0. The Labute approximate surface area is 124 Å². The molecule has 104 valence electrons. The largest absolute Gasteiger partial charge is 0.426 e. The minimum atomic E-state index is -0.239. The fourth-order valence-corrected chi connectivity index (χ4v) is 2.45. The van der Waals surface area contributed by atoms with Crippen LogP contribution in [0.2, 0.25) is 0 Å². The van der Waals surface area contributed by atoms with Gasteiger partial charge in [0.1, 0.15) is 5.75 Å². The fraction of sp³-hybridized carbons (Fsp3) is 0.105. The maximum Gasteiger partial charge on any atom is 0.315 e. The van der Waals surface area contributed by atoms with Gasteiger partial charge in [0.15, 0.2) is 0 Å². The third-order valence-corrected chi connectivity index (χ3v) is 3.44. The van der Waals surface area contributed by atoms with Crippen molar-refractivity contribution in [3.05, 3.63) is 77.9 Å². The zero-order valence-corrected chi connectivity index (χ0v) is 11.9. The number of aryl methyl sites for hydroxylation is 1. The third-order valence-electron chi connectivity index (χ3n) is 3.44. The molecule has 3 aromatic carbocycles. The van der Waals surface area contributed by atoms with Gasteiger partial charge in [0, 0.05) is 0 Å². The van der Waals surface area contributed by atoms with E-state index in [1.807, 2.05) is 67.6 Å². The van der Waals surface area contributed by atoms with Gasteiger partial charge in [-0.25, -0.2) is 0 Å². The molecule has 0 radical (unpaired) electrons. The van der Waals surface area contributed by atoms with Crippen molar-refractivity contribution in [3.63, 3.8) is 0 Å². The first kappa shape index (κ1) is 13.4. The summed E-state index contributed by atoms with van der Waals surface area (Å²) in [5.74, 6) is 0.359. The monoisotopic (exact) mass is 276 g/mol. The first-order chi connectivity index (χ1) is 10.2. The lowest BCUT2D eigenvalue weighted by molar-refractivity contribution is -0.133. The van der Waals surface area contributed by atoms with Crippen LogP contribution in [-0.2, 0) is 11.2 Å². The highest BCUT2D eigenvalue weighted by atomic mass is 16.5. The van der Waals surface area contributed by atoms with Crippen molar-refractivity contribution in [2.24, 2.45) is 0 Å². The molecule has 2 heteroatoms. The number of esters is 1. The van der Waals surface area contributed by atoms with E-state index in [1.54, 1.807) is 6.07 Å². The van der Waals surface area contributed by atoms with Crippen molar-refractivity contribution < 1.29 is 9.53 Å². The highest BCUT2D eigenvalue weighted by Gasteiger charge is 2.09. The van der Waals surface area contributed by atoms with Crippen molar-refractivity contribution >= 4 is 16.7 Å². The van der Waals surface area contributed by atoms with Gasteiger partial charge in [-0.3, -0.25) is 4.79 Å². The van der Waals surface area contributed by atoms with Crippen LogP contribution in [0.4, 0.5) is 0 Å². The maximum absolute atomic E-state index is 12.1. The van der Waals surface area contributed by atoms with Gasteiger partial charge in [0.2, 0.25) is 0 Å². The zero-order valence-electron chi connectivity index (χ0n) is 11.9. The predicted molar refractivity (Wildman–Crippen MR) is 84.5 cm³/mol. The summed E-state index contributed by atoms with van der Waals surface area (Å²) in [7, 11) is 0. The summed E-state index contributed by atoms with van der Waals surface area (Å²) in [5, 5.41) is 2.24. The highest BCUT2D eigenvalue weighted by molar-refractivity contribution is 5.89. The second kappa shape index (κ2) is 5.80. The van der Waals surface area contributed by atoms with Gasteiger partial charge < -0.3 is 4.74 Å². The molecule has 3 rings (SSSR count). The molecule has 0 heterocycles. The molecule has 0 fully saturated rings. The number of ether oxygens (including phenoxy) is 1. The van der Waals surface area contributed by atoms with E-state index in [9.17, 15) is 4.79 Å². The molecule has 0 saturated heterocycles. The van der Waals surface area contributed by atoms with Gasteiger partial charge in [0.05, 0.1) is 6.42 Å². The van der Waals surface area contributed by atoms with Crippen molar-refractivity contribution in [3.8, 4) is 5.75 Å². The quantitative estimate of drug-likeness (QED) is 0.526. The van der Waals surface area contributed by atoms with E-state index in [1.165, 1.54) is 0 Å². The van der Waals surface area contributed by atoms with Crippen LogP contribution in [0.5, 0.6) is 5.75 Å². The summed E-state index contributed by atoms with van der Waals surface area (Å²) in [6.45, 7) is 1.97. The topological polar surface area (TPSA) is 26.3 Å². The Hall–Kier alpha value is -2.61. The standard InChI is InChI=1S/C19H16O2/c1-14-6-4-10-17(12-14)21-19(20)13-16-9-5-8-15-7-2-3-11-18(15)16/h2-12H,13H2,1H3. The number of rotatable bonds is 3. The Morgan fingerprint density at radius 2 is 1.71 bits per heavy atom. The molecule has 0 atom stereocenters. The van der Waals surface area contributed by atoms with E-state index in [4.69, 9.17) is 4.74 Å². The van der Waals surface area contributed by atoms with E-state index >= 15 is 0 Å². The van der Waals surface area contributed by atoms with E-state index in [0.717, 1.165) is 21.9 Å². The van der Waals surface area contributed by atoms with E-state index in [-0.39, 0.29) is 12.4 Å². The third kappa shape index (κ3) is 3.11. The number of carbonyl (C=O) groups excluding carboxylic acids is 1. The van der Waals surface area contributed by atoms with Crippen LogP contribution >= 0.6 is 0 Å². The molecule has 21 heavy (non-hydrogen) atoms. The molecule has 0 unspecified atom stereocenters. The number of fused-ring (bicyclic) bond motifs is 1. The van der Waals surface area contributed by atoms with E-state index in [0.29, 0.717) is 5.75 Å². The normalized spacial score (nSPS) is 10.5. The Morgan fingerprint density at radius 1 is 0.952 bits per heavy atom. The lowest BCUT2D eigenvalue weighted by atomic mass is 10.0. The number of carbonyl (C=O) groups is 1. The lowest BCUT2D eigenvalue weighted by Gasteiger charge is -2.07. The van der Waals surface area contributed by atoms with Gasteiger partial charge in [-0.15, -0.1) is 0 Å². The maximum atomic E-state index is 12.1. The molecule has 2 nitrogen and oxygen atoms in total. The molecule has 0 amide bonds. The molecule has 0 aliphatic heterocycles. The van der Waals surface area contributed by atoms with Gasteiger partial charge in [-0.2, -0.15) is 0 Å². The molecule has 0 aliphatic carbocycles. The Balaban J connectivity index is 1.80. The average Bonchev–Trinajstić information content (AvgIpc) is 2.47. The molecular formula is C19H16O2. The average molecular weight is 276 g/mol. The minimum absolute atomic E-state index is 0.239. The predicted octanol–water partition coefficient (Wildman–Crippen LogP) is 4.30. The minimum Gasteiger partial charge on any atom is -0.426 e. The van der Waals surface area contributed by atoms with Crippen LogP contribution in [0.15, 0.2) is 66.7 Å². The van der Waals surface area contributed by atoms with Crippen molar-refractivity contribution in [1.82, 2.24) is 0 Å². The van der Waals surface area contributed by atoms with Crippen LogP contribution in [0.1, 0.15) is 11.1 Å². The Kier molecular flexibility index (Phi) is 3.69. The van der Waals surface area contributed by atoms with Gasteiger partial charge in [0.25, 0.3) is 0 Å². The molecule has 0 N–H and O–H groups in total. The number of benzene rings is 3. The molecule has 0 aromatic heterocycles. The lowest BCUT2D eigenvalue weighted by Crippen LogP contribution is -2.11. The second-order valence-corrected chi connectivity index (χ2v) is 5.11.